The average molecular weight is 487 g/mol. The van der Waals surface area contributed by atoms with Crippen molar-refractivity contribution in [2.24, 2.45) is 0 Å². The average Bonchev–Trinajstić information content (AvgIpc) is 3.41. The molecule has 0 aromatic heterocycles. The zero-order chi connectivity index (χ0) is 24.3. The van der Waals surface area contributed by atoms with Gasteiger partial charge >= 0.3 is 0 Å². The molecule has 1 aliphatic heterocycles. The summed E-state index contributed by atoms with van der Waals surface area (Å²) in [5.41, 5.74) is 4.43. The molecular formula is C29H46O2SSi. The molecule has 184 valence electrons. The van der Waals surface area contributed by atoms with Crippen LogP contribution in [0.3, 0.4) is 0 Å². The molecule has 0 amide bonds. The Labute approximate surface area is 209 Å². The van der Waals surface area contributed by atoms with E-state index in [2.05, 4.69) is 95.9 Å². The van der Waals surface area contributed by atoms with E-state index >= 15 is 0 Å². The second-order valence-electron chi connectivity index (χ2n) is 10.7. The van der Waals surface area contributed by atoms with Crippen LogP contribution in [0.2, 0.25) is 19.6 Å². The number of hydrogen-bond donors (Lipinski definition) is 0. The molecule has 2 unspecified atom stereocenters. The predicted molar refractivity (Wildman–Crippen MR) is 149 cm³/mol. The van der Waals surface area contributed by atoms with Crippen molar-refractivity contribution < 1.29 is 9.16 Å². The maximum Gasteiger partial charge on any atom is 0.183 e. The van der Waals surface area contributed by atoms with Gasteiger partial charge in [0.1, 0.15) is 5.60 Å². The van der Waals surface area contributed by atoms with E-state index < -0.39 is 8.32 Å². The SMILES string of the molecule is C/C(=C\CC/C(C)=C/CSc1ccccc1)CC/C=C(\C)CCC1OC1(C)CO[Si](C)(C)C. The van der Waals surface area contributed by atoms with Gasteiger partial charge in [0, 0.05) is 10.6 Å². The Kier molecular flexibility index (Phi) is 11.7. The summed E-state index contributed by atoms with van der Waals surface area (Å²) < 4.78 is 12.0. The second kappa shape index (κ2) is 13.7. The molecule has 1 fully saturated rings. The van der Waals surface area contributed by atoms with Crippen LogP contribution in [-0.4, -0.2) is 32.4 Å². The summed E-state index contributed by atoms with van der Waals surface area (Å²) in [4.78, 5) is 1.34. The minimum atomic E-state index is -1.47. The topological polar surface area (TPSA) is 21.8 Å². The molecule has 1 heterocycles. The number of hydrogen-bond acceptors (Lipinski definition) is 3. The molecule has 0 aliphatic carbocycles. The van der Waals surface area contributed by atoms with Crippen LogP contribution < -0.4 is 0 Å². The molecule has 1 aliphatic rings. The lowest BCUT2D eigenvalue weighted by Crippen LogP contribution is -2.31. The summed E-state index contributed by atoms with van der Waals surface area (Å²) in [5, 5.41) is 0. The van der Waals surface area contributed by atoms with Crippen molar-refractivity contribution in [2.45, 2.75) is 102 Å². The smallest absolute Gasteiger partial charge is 0.183 e. The molecule has 1 aromatic carbocycles. The number of allylic oxidation sites excluding steroid dienone is 5. The summed E-state index contributed by atoms with van der Waals surface area (Å²) >= 11 is 1.90. The number of epoxide rings is 1. The Balaban J connectivity index is 1.57. The monoisotopic (exact) mass is 486 g/mol. The van der Waals surface area contributed by atoms with Crippen molar-refractivity contribution in [3.63, 3.8) is 0 Å². The van der Waals surface area contributed by atoms with Crippen LogP contribution in [0.4, 0.5) is 0 Å². The first-order valence-corrected chi connectivity index (χ1v) is 16.9. The summed E-state index contributed by atoms with van der Waals surface area (Å²) in [5.74, 6) is 1.05. The van der Waals surface area contributed by atoms with Crippen LogP contribution in [0.25, 0.3) is 0 Å². The van der Waals surface area contributed by atoms with Crippen LogP contribution in [0.5, 0.6) is 0 Å². The van der Waals surface area contributed by atoms with E-state index in [9.17, 15) is 0 Å². The molecule has 1 saturated heterocycles. The molecule has 1 aromatic rings. The lowest BCUT2D eigenvalue weighted by atomic mass is 10.0. The fraction of sp³-hybridized carbons (Fsp3) is 0.586. The van der Waals surface area contributed by atoms with E-state index in [1.165, 1.54) is 21.6 Å². The van der Waals surface area contributed by atoms with Gasteiger partial charge in [-0.3, -0.25) is 0 Å². The normalized spacial score (nSPS) is 22.0. The molecule has 33 heavy (non-hydrogen) atoms. The fourth-order valence-electron chi connectivity index (χ4n) is 3.70. The zero-order valence-corrected chi connectivity index (χ0v) is 23.9. The van der Waals surface area contributed by atoms with Gasteiger partial charge in [0.2, 0.25) is 0 Å². The predicted octanol–water partition coefficient (Wildman–Crippen LogP) is 8.97. The van der Waals surface area contributed by atoms with Gasteiger partial charge in [-0.1, -0.05) is 53.1 Å². The minimum absolute atomic E-state index is 0.0489. The summed E-state index contributed by atoms with van der Waals surface area (Å²) in [7, 11) is -1.47. The van der Waals surface area contributed by atoms with Crippen LogP contribution in [0.15, 0.2) is 70.2 Å². The van der Waals surface area contributed by atoms with Crippen molar-refractivity contribution >= 4 is 20.1 Å². The van der Waals surface area contributed by atoms with E-state index in [1.54, 1.807) is 0 Å². The fourth-order valence-corrected chi connectivity index (χ4v) is 5.33. The van der Waals surface area contributed by atoms with Crippen molar-refractivity contribution in [2.75, 3.05) is 12.4 Å². The maximum absolute atomic E-state index is 6.06. The third-order valence-electron chi connectivity index (χ3n) is 6.12. The highest BCUT2D eigenvalue weighted by atomic mass is 32.2. The van der Waals surface area contributed by atoms with Gasteiger partial charge in [-0.15, -0.1) is 11.8 Å². The standard InChI is InChI=1S/C29H46O2SSi/c1-24(14-12-16-26(3)21-22-32-27-17-9-8-10-18-27)13-11-15-25(2)19-20-28-29(4,31-28)23-30-33(5,6)7/h8-10,14-15,17-18,21,28H,11-13,16,19-20,22-23H2,1-7H3/b24-14+,25-15+,26-21+. The molecule has 2 rings (SSSR count). The summed E-state index contributed by atoms with van der Waals surface area (Å²) in [6.45, 7) is 16.5. The van der Waals surface area contributed by atoms with Gasteiger partial charge in [0.15, 0.2) is 8.32 Å². The molecule has 0 radical (unpaired) electrons. The van der Waals surface area contributed by atoms with Crippen molar-refractivity contribution in [1.82, 2.24) is 0 Å². The van der Waals surface area contributed by atoms with E-state index in [1.807, 2.05) is 11.8 Å². The molecule has 4 heteroatoms. The first-order valence-electron chi connectivity index (χ1n) is 12.5. The summed E-state index contributed by atoms with van der Waals surface area (Å²) in [6.07, 6.45) is 14.4. The van der Waals surface area contributed by atoms with Crippen LogP contribution in [0, 0.1) is 0 Å². The first kappa shape index (κ1) is 28.2. The van der Waals surface area contributed by atoms with Gasteiger partial charge in [0.25, 0.3) is 0 Å². The molecule has 0 spiro atoms. The van der Waals surface area contributed by atoms with Gasteiger partial charge in [-0.05, 0) is 98.0 Å². The van der Waals surface area contributed by atoms with E-state index in [-0.39, 0.29) is 5.60 Å². The van der Waals surface area contributed by atoms with E-state index in [0.717, 1.165) is 50.9 Å². The van der Waals surface area contributed by atoms with Gasteiger partial charge < -0.3 is 9.16 Å². The first-order chi connectivity index (χ1) is 15.6. The highest BCUT2D eigenvalue weighted by Crippen LogP contribution is 2.40. The Morgan fingerprint density at radius 3 is 2.12 bits per heavy atom. The maximum atomic E-state index is 6.06. The Bertz CT molecular complexity index is 807. The van der Waals surface area contributed by atoms with Crippen LogP contribution in [0.1, 0.15) is 66.2 Å². The number of benzene rings is 1. The Hall–Kier alpha value is -1.07. The van der Waals surface area contributed by atoms with Gasteiger partial charge in [-0.2, -0.15) is 0 Å². The second-order valence-corrected chi connectivity index (χ2v) is 16.3. The molecule has 2 nitrogen and oxygen atoms in total. The zero-order valence-electron chi connectivity index (χ0n) is 22.1. The third-order valence-corrected chi connectivity index (χ3v) is 8.07. The Morgan fingerprint density at radius 2 is 1.52 bits per heavy atom. The molecular weight excluding hydrogens is 440 g/mol. The van der Waals surface area contributed by atoms with Gasteiger partial charge in [-0.25, -0.2) is 0 Å². The third kappa shape index (κ3) is 12.3. The molecule has 2 atom stereocenters. The van der Waals surface area contributed by atoms with E-state index in [4.69, 9.17) is 9.16 Å². The number of rotatable bonds is 15. The highest BCUT2D eigenvalue weighted by Gasteiger charge is 2.52. The molecule has 0 N–H and O–H groups in total. The number of thioether (sulfide) groups is 1. The molecule has 0 bridgehead atoms. The Morgan fingerprint density at radius 1 is 0.939 bits per heavy atom. The quantitative estimate of drug-likeness (QED) is 0.107. The lowest BCUT2D eigenvalue weighted by Gasteiger charge is -2.19. The summed E-state index contributed by atoms with van der Waals surface area (Å²) in [6, 6.07) is 10.6. The van der Waals surface area contributed by atoms with Crippen molar-refractivity contribution in [1.29, 1.82) is 0 Å². The minimum Gasteiger partial charge on any atom is -0.415 e. The lowest BCUT2D eigenvalue weighted by molar-refractivity contribution is 0.196. The van der Waals surface area contributed by atoms with E-state index in [0.29, 0.717) is 6.10 Å². The van der Waals surface area contributed by atoms with Crippen LogP contribution >= 0.6 is 11.8 Å². The molecule has 0 saturated carbocycles. The largest absolute Gasteiger partial charge is 0.415 e. The van der Waals surface area contributed by atoms with Crippen molar-refractivity contribution in [3.8, 4) is 0 Å². The van der Waals surface area contributed by atoms with Gasteiger partial charge in [0.05, 0.1) is 12.7 Å². The van der Waals surface area contributed by atoms with Crippen LogP contribution in [-0.2, 0) is 9.16 Å². The van der Waals surface area contributed by atoms with Crippen molar-refractivity contribution in [3.05, 3.63) is 65.3 Å². The highest BCUT2D eigenvalue weighted by molar-refractivity contribution is 7.99. The number of ether oxygens (including phenoxy) is 1.